The Morgan fingerprint density at radius 1 is 1.20 bits per heavy atom. The molecule has 0 saturated carbocycles. The van der Waals surface area contributed by atoms with E-state index >= 15 is 0 Å². The van der Waals surface area contributed by atoms with Crippen LogP contribution in [0.1, 0.15) is 38.0 Å². The van der Waals surface area contributed by atoms with Crippen molar-refractivity contribution in [1.82, 2.24) is 24.5 Å². The Kier molecular flexibility index (Phi) is 5.99. The first-order chi connectivity index (χ1) is 12.2. The number of piperazine rings is 1. The summed E-state index contributed by atoms with van der Waals surface area (Å²) in [4.78, 5) is 21.0. The molecular formula is C18H27N5O2. The molecule has 1 saturated heterocycles. The number of rotatable bonds is 7. The Labute approximate surface area is 148 Å². The summed E-state index contributed by atoms with van der Waals surface area (Å²) in [5.74, 6) is 1.52. The molecule has 7 nitrogen and oxygen atoms in total. The largest absolute Gasteiger partial charge is 0.338 e. The summed E-state index contributed by atoms with van der Waals surface area (Å²) in [5.41, 5.74) is 0.0639. The Hall–Kier alpha value is -1.99. The van der Waals surface area contributed by atoms with Crippen LogP contribution in [-0.4, -0.2) is 57.2 Å². The van der Waals surface area contributed by atoms with Crippen LogP contribution in [0.15, 0.2) is 33.7 Å². The monoisotopic (exact) mass is 345 g/mol. The van der Waals surface area contributed by atoms with Gasteiger partial charge in [-0.3, -0.25) is 14.6 Å². The average Bonchev–Trinajstić information content (AvgIpc) is 3.10. The van der Waals surface area contributed by atoms with Crippen molar-refractivity contribution in [3.63, 3.8) is 0 Å². The third-order valence-electron chi connectivity index (χ3n) is 4.83. The molecule has 0 aliphatic carbocycles. The second kappa shape index (κ2) is 8.40. The van der Waals surface area contributed by atoms with E-state index in [9.17, 15) is 4.79 Å². The van der Waals surface area contributed by atoms with Crippen molar-refractivity contribution in [1.29, 1.82) is 0 Å². The lowest BCUT2D eigenvalue weighted by molar-refractivity contribution is 0.0863. The van der Waals surface area contributed by atoms with Gasteiger partial charge in [0, 0.05) is 58.0 Å². The van der Waals surface area contributed by atoms with E-state index in [2.05, 4.69) is 33.8 Å². The van der Waals surface area contributed by atoms with E-state index in [-0.39, 0.29) is 11.6 Å². The molecule has 0 aromatic carbocycles. The Bertz CT molecular complexity index is 718. The van der Waals surface area contributed by atoms with E-state index in [1.165, 1.54) is 0 Å². The van der Waals surface area contributed by atoms with Crippen molar-refractivity contribution >= 4 is 0 Å². The summed E-state index contributed by atoms with van der Waals surface area (Å²) in [6, 6.07) is 5.44. The molecule has 0 unspecified atom stereocenters. The van der Waals surface area contributed by atoms with Crippen LogP contribution in [0.3, 0.4) is 0 Å². The molecule has 1 aliphatic heterocycles. The summed E-state index contributed by atoms with van der Waals surface area (Å²) in [6.45, 7) is 9.79. The minimum Gasteiger partial charge on any atom is -0.338 e. The fourth-order valence-corrected chi connectivity index (χ4v) is 3.19. The normalized spacial score (nSPS) is 17.7. The summed E-state index contributed by atoms with van der Waals surface area (Å²) >= 11 is 0. The van der Waals surface area contributed by atoms with E-state index < -0.39 is 0 Å². The van der Waals surface area contributed by atoms with Crippen molar-refractivity contribution in [2.24, 2.45) is 0 Å². The molecule has 1 aliphatic rings. The maximum Gasteiger partial charge on any atom is 0.250 e. The average molecular weight is 345 g/mol. The molecule has 0 amide bonds. The third-order valence-corrected chi connectivity index (χ3v) is 4.83. The fourth-order valence-electron chi connectivity index (χ4n) is 3.19. The van der Waals surface area contributed by atoms with Crippen molar-refractivity contribution in [3.05, 3.63) is 46.5 Å². The smallest absolute Gasteiger partial charge is 0.250 e. The summed E-state index contributed by atoms with van der Waals surface area (Å²) < 4.78 is 7.19. The quantitative estimate of drug-likeness (QED) is 0.759. The number of pyridine rings is 1. The van der Waals surface area contributed by atoms with Gasteiger partial charge in [0.25, 0.3) is 5.56 Å². The van der Waals surface area contributed by atoms with Crippen LogP contribution >= 0.6 is 0 Å². The second-order valence-electron chi connectivity index (χ2n) is 6.58. The van der Waals surface area contributed by atoms with Gasteiger partial charge in [0.2, 0.25) is 5.89 Å². The van der Waals surface area contributed by atoms with Crippen molar-refractivity contribution in [2.75, 3.05) is 32.7 Å². The highest BCUT2D eigenvalue weighted by Gasteiger charge is 2.25. The molecule has 7 heteroatoms. The van der Waals surface area contributed by atoms with Crippen LogP contribution < -0.4 is 5.56 Å². The third kappa shape index (κ3) is 4.55. The van der Waals surface area contributed by atoms with Gasteiger partial charge < -0.3 is 9.09 Å². The highest BCUT2D eigenvalue weighted by Crippen LogP contribution is 2.20. The van der Waals surface area contributed by atoms with Crippen molar-refractivity contribution in [3.8, 4) is 0 Å². The summed E-state index contributed by atoms with van der Waals surface area (Å²) in [5, 5.41) is 4.05. The number of aromatic nitrogens is 3. The molecule has 0 spiro atoms. The zero-order chi connectivity index (χ0) is 17.6. The molecule has 136 valence electrons. The van der Waals surface area contributed by atoms with E-state index in [1.54, 1.807) is 16.7 Å². The van der Waals surface area contributed by atoms with Crippen molar-refractivity contribution in [2.45, 2.75) is 39.3 Å². The van der Waals surface area contributed by atoms with E-state index in [0.717, 1.165) is 57.9 Å². The lowest BCUT2D eigenvalue weighted by atomic mass is 10.2. The number of hydrogen-bond acceptors (Lipinski definition) is 6. The maximum absolute atomic E-state index is 11.8. The lowest BCUT2D eigenvalue weighted by Gasteiger charge is -2.36. The molecule has 0 N–H and O–H groups in total. The molecule has 2 aromatic heterocycles. The van der Waals surface area contributed by atoms with Gasteiger partial charge in [-0.1, -0.05) is 18.1 Å². The summed E-state index contributed by atoms with van der Waals surface area (Å²) in [6.07, 6.45) is 3.74. The second-order valence-corrected chi connectivity index (χ2v) is 6.58. The minimum absolute atomic E-state index is 0.0639. The molecule has 0 bridgehead atoms. The zero-order valence-electron chi connectivity index (χ0n) is 15.1. The highest BCUT2D eigenvalue weighted by atomic mass is 16.5. The summed E-state index contributed by atoms with van der Waals surface area (Å²) in [7, 11) is 0. The van der Waals surface area contributed by atoms with Crippen LogP contribution in [0.25, 0.3) is 0 Å². The number of aryl methyl sites for hydroxylation is 1. The first kappa shape index (κ1) is 17.8. The molecule has 2 aromatic rings. The SMILES string of the molecule is CCCc1noc([C@H](C)N2CCN(CCn3ccccc3=O)CC2)n1. The number of hydrogen-bond donors (Lipinski definition) is 0. The first-order valence-electron chi connectivity index (χ1n) is 9.11. The molecule has 25 heavy (non-hydrogen) atoms. The Balaban J connectivity index is 1.47. The van der Waals surface area contributed by atoms with Crippen LogP contribution in [0.5, 0.6) is 0 Å². The molecular weight excluding hydrogens is 318 g/mol. The molecule has 3 heterocycles. The number of nitrogens with zero attached hydrogens (tertiary/aromatic N) is 5. The molecule has 0 radical (unpaired) electrons. The van der Waals surface area contributed by atoms with E-state index in [4.69, 9.17) is 4.52 Å². The van der Waals surface area contributed by atoms with Gasteiger partial charge in [0.1, 0.15) is 0 Å². The first-order valence-corrected chi connectivity index (χ1v) is 9.11. The van der Waals surface area contributed by atoms with E-state index in [0.29, 0.717) is 5.89 Å². The van der Waals surface area contributed by atoms with Gasteiger partial charge in [0.15, 0.2) is 5.82 Å². The van der Waals surface area contributed by atoms with Gasteiger partial charge in [-0.15, -0.1) is 0 Å². The Morgan fingerprint density at radius 3 is 2.72 bits per heavy atom. The van der Waals surface area contributed by atoms with Crippen LogP contribution in [-0.2, 0) is 13.0 Å². The molecule has 1 atom stereocenters. The van der Waals surface area contributed by atoms with Gasteiger partial charge >= 0.3 is 0 Å². The molecule has 1 fully saturated rings. The van der Waals surface area contributed by atoms with Gasteiger partial charge in [-0.2, -0.15) is 4.98 Å². The maximum atomic E-state index is 11.8. The van der Waals surface area contributed by atoms with Gasteiger partial charge in [-0.25, -0.2) is 0 Å². The molecule has 3 rings (SSSR count). The lowest BCUT2D eigenvalue weighted by Crippen LogP contribution is -2.48. The van der Waals surface area contributed by atoms with Gasteiger partial charge in [0.05, 0.1) is 6.04 Å². The van der Waals surface area contributed by atoms with Gasteiger partial charge in [-0.05, 0) is 19.4 Å². The minimum atomic E-state index is 0.0639. The van der Waals surface area contributed by atoms with Crippen LogP contribution in [0, 0.1) is 0 Å². The van der Waals surface area contributed by atoms with E-state index in [1.807, 2.05) is 12.3 Å². The zero-order valence-corrected chi connectivity index (χ0v) is 15.1. The van der Waals surface area contributed by atoms with Crippen molar-refractivity contribution < 1.29 is 4.52 Å². The predicted molar refractivity (Wildman–Crippen MR) is 95.4 cm³/mol. The van der Waals surface area contributed by atoms with Crippen LogP contribution in [0.2, 0.25) is 0 Å². The predicted octanol–water partition coefficient (Wildman–Crippen LogP) is 1.56. The Morgan fingerprint density at radius 2 is 2.00 bits per heavy atom. The fraction of sp³-hybridized carbons (Fsp3) is 0.611. The topological polar surface area (TPSA) is 67.4 Å². The standard InChI is InChI=1S/C18H27N5O2/c1-3-6-16-19-18(25-20-16)15(2)22-12-9-21(10-13-22)11-14-23-8-5-4-7-17(23)24/h4-5,7-8,15H,3,6,9-14H2,1-2H3/t15-/m0/s1. The van der Waals surface area contributed by atoms with Crippen LogP contribution in [0.4, 0.5) is 0 Å². The highest BCUT2D eigenvalue weighted by molar-refractivity contribution is 4.94.